The van der Waals surface area contributed by atoms with Crippen LogP contribution in [0.5, 0.6) is 0 Å². The van der Waals surface area contributed by atoms with Gasteiger partial charge >= 0.3 is 11.9 Å². The summed E-state index contributed by atoms with van der Waals surface area (Å²) in [6, 6.07) is 4.22. The molecule has 22 heavy (non-hydrogen) atoms. The van der Waals surface area contributed by atoms with Crippen molar-refractivity contribution < 1.29 is 24.4 Å². The molecule has 0 aliphatic rings. The second-order valence-corrected chi connectivity index (χ2v) is 4.39. The lowest BCUT2D eigenvalue weighted by Gasteiger charge is -2.10. The van der Waals surface area contributed by atoms with Gasteiger partial charge in [0.1, 0.15) is 6.04 Å². The average molecular weight is 308 g/mol. The molecule has 0 aliphatic carbocycles. The van der Waals surface area contributed by atoms with Crippen molar-refractivity contribution in [1.82, 2.24) is 0 Å². The molecule has 8 nitrogen and oxygen atoms in total. The van der Waals surface area contributed by atoms with Gasteiger partial charge in [0.15, 0.2) is 0 Å². The zero-order chi connectivity index (χ0) is 16.7. The Morgan fingerprint density at radius 3 is 2.45 bits per heavy atom. The summed E-state index contributed by atoms with van der Waals surface area (Å²) in [7, 11) is 0. The molecule has 118 valence electrons. The van der Waals surface area contributed by atoms with Gasteiger partial charge < -0.3 is 15.6 Å². The van der Waals surface area contributed by atoms with Crippen LogP contribution in [0.4, 0.5) is 5.69 Å². The van der Waals surface area contributed by atoms with Crippen molar-refractivity contribution in [2.75, 3.05) is 6.61 Å². The summed E-state index contributed by atoms with van der Waals surface area (Å²) in [4.78, 5) is 32.7. The Hall–Kier alpha value is -2.74. The largest absolute Gasteiger partial charge is 0.480 e. The lowest BCUT2D eigenvalue weighted by molar-refractivity contribution is -0.384. The Morgan fingerprint density at radius 2 is 2.00 bits per heavy atom. The second kappa shape index (κ2) is 7.89. The van der Waals surface area contributed by atoms with E-state index in [-0.39, 0.29) is 24.3 Å². The first-order valence-corrected chi connectivity index (χ1v) is 6.45. The van der Waals surface area contributed by atoms with Crippen molar-refractivity contribution in [1.29, 1.82) is 0 Å². The molecule has 1 aromatic rings. The number of nitro benzene ring substituents is 1. The minimum atomic E-state index is -1.24. The molecular weight excluding hydrogens is 292 g/mol. The number of hydrogen-bond donors (Lipinski definition) is 2. The fourth-order valence-corrected chi connectivity index (χ4v) is 1.64. The van der Waals surface area contributed by atoms with E-state index >= 15 is 0 Å². The van der Waals surface area contributed by atoms with Crippen LogP contribution < -0.4 is 5.73 Å². The summed E-state index contributed by atoms with van der Waals surface area (Å²) in [5.74, 6) is -1.91. The van der Waals surface area contributed by atoms with Crippen molar-refractivity contribution in [3.05, 3.63) is 45.5 Å². The predicted octanol–water partition coefficient (Wildman–Crippen LogP) is 1.34. The fraction of sp³-hybridized carbons (Fsp3) is 0.286. The van der Waals surface area contributed by atoms with Gasteiger partial charge in [-0.2, -0.15) is 0 Å². The summed E-state index contributed by atoms with van der Waals surface area (Å²) in [6.07, 6.45) is 1.20. The van der Waals surface area contributed by atoms with Gasteiger partial charge in [0.05, 0.1) is 11.5 Å². The van der Waals surface area contributed by atoms with Crippen LogP contribution in [0.3, 0.4) is 0 Å². The highest BCUT2D eigenvalue weighted by molar-refractivity contribution is 5.94. The first kappa shape index (κ1) is 17.3. The number of carbonyl (C=O) groups excluding carboxylic acids is 1. The number of carboxylic acids is 1. The van der Waals surface area contributed by atoms with Crippen LogP contribution >= 0.6 is 0 Å². The third-order valence-corrected chi connectivity index (χ3v) is 2.74. The summed E-state index contributed by atoms with van der Waals surface area (Å²) < 4.78 is 4.85. The summed E-state index contributed by atoms with van der Waals surface area (Å²) in [6.45, 7) is 1.76. The number of benzene rings is 1. The highest BCUT2D eigenvalue weighted by Gasteiger charge is 2.19. The number of aliphatic carboxylic acids is 1. The molecule has 1 unspecified atom stereocenters. The number of nitro groups is 1. The van der Waals surface area contributed by atoms with Crippen molar-refractivity contribution in [2.24, 2.45) is 5.73 Å². The molecule has 1 atom stereocenters. The second-order valence-electron chi connectivity index (χ2n) is 4.39. The van der Waals surface area contributed by atoms with Crippen LogP contribution in [0.1, 0.15) is 18.9 Å². The molecular formula is C14H16N2O6. The van der Waals surface area contributed by atoms with E-state index in [1.807, 2.05) is 0 Å². The van der Waals surface area contributed by atoms with E-state index in [0.29, 0.717) is 5.56 Å². The molecule has 3 N–H and O–H groups in total. The Balaban J connectivity index is 3.05. The molecule has 8 heteroatoms. The summed E-state index contributed by atoms with van der Waals surface area (Å²) in [5.41, 5.74) is 5.94. The van der Waals surface area contributed by atoms with Gasteiger partial charge in [-0.3, -0.25) is 14.9 Å². The average Bonchev–Trinajstić information content (AvgIpc) is 2.47. The van der Waals surface area contributed by atoms with Crippen molar-refractivity contribution >= 4 is 23.7 Å². The van der Waals surface area contributed by atoms with E-state index in [2.05, 4.69) is 0 Å². The minimum Gasteiger partial charge on any atom is -0.480 e. The highest BCUT2D eigenvalue weighted by atomic mass is 16.6. The van der Waals surface area contributed by atoms with Gasteiger partial charge in [-0.1, -0.05) is 0 Å². The molecule has 0 aromatic heterocycles. The molecule has 0 aliphatic heterocycles. The highest BCUT2D eigenvalue weighted by Crippen LogP contribution is 2.17. The molecule has 0 radical (unpaired) electrons. The normalized spacial score (nSPS) is 12.5. The minimum absolute atomic E-state index is 0.0860. The third kappa shape index (κ3) is 4.98. The zero-order valence-corrected chi connectivity index (χ0v) is 11.9. The number of ether oxygens (including phenoxy) is 1. The molecule has 0 heterocycles. The number of nitrogens with two attached hydrogens (primary N) is 1. The van der Waals surface area contributed by atoms with Crippen LogP contribution in [-0.2, 0) is 14.3 Å². The molecule has 1 aromatic carbocycles. The van der Waals surface area contributed by atoms with Crippen LogP contribution in [0.15, 0.2) is 29.8 Å². The summed E-state index contributed by atoms with van der Waals surface area (Å²) >= 11 is 0. The Bertz CT molecular complexity index is 594. The number of non-ortho nitro benzene ring substituents is 1. The van der Waals surface area contributed by atoms with Gasteiger partial charge in [-0.05, 0) is 30.7 Å². The topological polar surface area (TPSA) is 133 Å². The monoisotopic (exact) mass is 308 g/mol. The first-order chi connectivity index (χ1) is 10.3. The van der Waals surface area contributed by atoms with Crippen molar-refractivity contribution in [3.8, 4) is 0 Å². The summed E-state index contributed by atoms with van der Waals surface area (Å²) in [5, 5.41) is 19.4. The lowest BCUT2D eigenvalue weighted by atomic mass is 10.0. The molecule has 0 amide bonds. The number of carboxylic acid groups (broad SMARTS) is 1. The van der Waals surface area contributed by atoms with Crippen LogP contribution in [0.25, 0.3) is 6.08 Å². The smallest absolute Gasteiger partial charge is 0.334 e. The number of rotatable bonds is 7. The molecule has 1 rings (SSSR count). The predicted molar refractivity (Wildman–Crippen MR) is 77.9 cm³/mol. The first-order valence-electron chi connectivity index (χ1n) is 6.45. The van der Waals surface area contributed by atoms with Gasteiger partial charge in [0.25, 0.3) is 5.69 Å². The van der Waals surface area contributed by atoms with E-state index < -0.39 is 22.9 Å². The van der Waals surface area contributed by atoms with Gasteiger partial charge in [-0.15, -0.1) is 0 Å². The number of nitrogens with zero attached hydrogens (tertiary/aromatic N) is 1. The van der Waals surface area contributed by atoms with Crippen LogP contribution in [-0.4, -0.2) is 34.6 Å². The van der Waals surface area contributed by atoms with E-state index in [1.165, 1.54) is 30.3 Å². The maximum Gasteiger partial charge on any atom is 0.334 e. The quantitative estimate of drug-likeness (QED) is 0.336. The standard InChI is InChI=1S/C14H16N2O6/c1-2-22-14(19)10(8-12(15)13(17)18)7-9-3-5-11(6-4-9)16(20)21/h3-7,12H,2,8,15H2,1H3,(H,17,18)/b10-7+. The number of esters is 1. The van der Waals surface area contributed by atoms with Gasteiger partial charge in [0, 0.05) is 24.1 Å². The number of hydrogen-bond acceptors (Lipinski definition) is 6. The molecule has 0 saturated heterocycles. The van der Waals surface area contributed by atoms with E-state index in [0.717, 1.165) is 0 Å². The Labute approximate surface area is 126 Å². The molecule has 0 spiro atoms. The molecule has 0 bridgehead atoms. The van der Waals surface area contributed by atoms with Gasteiger partial charge in [-0.25, -0.2) is 4.79 Å². The number of carbonyl (C=O) groups is 2. The van der Waals surface area contributed by atoms with E-state index in [9.17, 15) is 19.7 Å². The van der Waals surface area contributed by atoms with Crippen LogP contribution in [0, 0.1) is 10.1 Å². The fourth-order valence-electron chi connectivity index (χ4n) is 1.64. The van der Waals surface area contributed by atoms with Gasteiger partial charge in [0.2, 0.25) is 0 Å². The third-order valence-electron chi connectivity index (χ3n) is 2.74. The SMILES string of the molecule is CCOC(=O)/C(=C/c1ccc([N+](=O)[O-])cc1)CC(N)C(=O)O. The molecule has 0 fully saturated rings. The van der Waals surface area contributed by atoms with E-state index in [1.54, 1.807) is 6.92 Å². The van der Waals surface area contributed by atoms with Crippen LogP contribution in [0.2, 0.25) is 0 Å². The maximum atomic E-state index is 11.8. The maximum absolute atomic E-state index is 11.8. The van der Waals surface area contributed by atoms with Crippen molar-refractivity contribution in [3.63, 3.8) is 0 Å². The Morgan fingerprint density at radius 1 is 1.41 bits per heavy atom. The molecule has 0 saturated carbocycles. The van der Waals surface area contributed by atoms with Crippen molar-refractivity contribution in [2.45, 2.75) is 19.4 Å². The zero-order valence-electron chi connectivity index (χ0n) is 11.9. The Kier molecular flexibility index (Phi) is 6.21. The van der Waals surface area contributed by atoms with E-state index in [4.69, 9.17) is 15.6 Å². The lowest BCUT2D eigenvalue weighted by Crippen LogP contribution is -2.31.